The normalized spacial score (nSPS) is 28.9. The van der Waals surface area contributed by atoms with Crippen molar-refractivity contribution in [1.29, 1.82) is 0 Å². The van der Waals surface area contributed by atoms with Gasteiger partial charge in [-0.25, -0.2) is 9.98 Å². The maximum atomic E-state index is 6.00. The lowest BCUT2D eigenvalue weighted by molar-refractivity contribution is -0.188. The molecule has 0 spiro atoms. The lowest BCUT2D eigenvalue weighted by Gasteiger charge is -2.60. The largest absolute Gasteiger partial charge is 0.377 e. The van der Waals surface area contributed by atoms with E-state index in [0.29, 0.717) is 24.6 Å². The van der Waals surface area contributed by atoms with Crippen LogP contribution in [0.2, 0.25) is 0 Å². The van der Waals surface area contributed by atoms with Gasteiger partial charge < -0.3 is 15.4 Å². The molecule has 5 nitrogen and oxygen atoms in total. The second-order valence-electron chi connectivity index (χ2n) is 7.49. The van der Waals surface area contributed by atoms with Crippen molar-refractivity contribution < 1.29 is 4.74 Å². The van der Waals surface area contributed by atoms with E-state index in [9.17, 15) is 0 Å². The van der Waals surface area contributed by atoms with Gasteiger partial charge in [0, 0.05) is 35.4 Å². The number of fused-ring (bicyclic) bond motifs is 1. The molecule has 3 atom stereocenters. The van der Waals surface area contributed by atoms with E-state index in [1.165, 1.54) is 17.7 Å². The summed E-state index contributed by atoms with van der Waals surface area (Å²) in [4.78, 5) is 10.6. The van der Waals surface area contributed by atoms with Gasteiger partial charge in [0.15, 0.2) is 5.96 Å². The minimum Gasteiger partial charge on any atom is -0.377 e. The zero-order chi connectivity index (χ0) is 17.3. The molecule has 0 amide bonds. The highest BCUT2D eigenvalue weighted by molar-refractivity contribution is 7.11. The first kappa shape index (κ1) is 17.7. The average Bonchev–Trinajstić information content (AvgIpc) is 2.88. The predicted molar refractivity (Wildman–Crippen MR) is 99.6 cm³/mol. The topological polar surface area (TPSA) is 58.5 Å². The number of aromatic nitrogens is 1. The number of aryl methyl sites for hydroxylation is 2. The Kier molecular flexibility index (Phi) is 5.16. The van der Waals surface area contributed by atoms with E-state index in [1.807, 2.05) is 0 Å². The second-order valence-corrected chi connectivity index (χ2v) is 8.77. The zero-order valence-electron chi connectivity index (χ0n) is 15.5. The van der Waals surface area contributed by atoms with Crippen LogP contribution in [-0.4, -0.2) is 36.2 Å². The van der Waals surface area contributed by atoms with Crippen LogP contribution in [0.25, 0.3) is 0 Å². The molecule has 1 saturated heterocycles. The summed E-state index contributed by atoms with van der Waals surface area (Å²) in [5.74, 6) is 1.49. The molecule has 6 heteroatoms. The zero-order valence-corrected chi connectivity index (χ0v) is 16.3. The van der Waals surface area contributed by atoms with Crippen molar-refractivity contribution in [2.75, 3.05) is 13.2 Å². The molecule has 3 rings (SSSR count). The monoisotopic (exact) mass is 350 g/mol. The molecule has 0 bridgehead atoms. The summed E-state index contributed by atoms with van der Waals surface area (Å²) in [5, 5.41) is 8.13. The SMILES string of the molecule is CCNC(=NCc1nc(C)c(C)s1)NC1C2CCCOC2C1(C)C. The van der Waals surface area contributed by atoms with Gasteiger partial charge in [-0.2, -0.15) is 0 Å². The molecule has 1 aliphatic heterocycles. The summed E-state index contributed by atoms with van der Waals surface area (Å²) >= 11 is 1.74. The van der Waals surface area contributed by atoms with Crippen molar-refractivity contribution >= 4 is 17.3 Å². The maximum absolute atomic E-state index is 6.00. The van der Waals surface area contributed by atoms with E-state index in [1.54, 1.807) is 11.3 Å². The number of aliphatic imine (C=N–C) groups is 1. The minimum atomic E-state index is 0.148. The molecule has 134 valence electrons. The maximum Gasteiger partial charge on any atom is 0.191 e. The van der Waals surface area contributed by atoms with Crippen LogP contribution in [-0.2, 0) is 11.3 Å². The third kappa shape index (κ3) is 3.31. The third-order valence-corrected chi connectivity index (χ3v) is 6.47. The van der Waals surface area contributed by atoms with Gasteiger partial charge in [-0.15, -0.1) is 11.3 Å². The molecule has 1 saturated carbocycles. The van der Waals surface area contributed by atoms with E-state index in [-0.39, 0.29) is 5.41 Å². The Bertz CT molecular complexity index is 591. The Labute approximate surface area is 149 Å². The van der Waals surface area contributed by atoms with Gasteiger partial charge in [0.2, 0.25) is 0 Å². The fraction of sp³-hybridized carbons (Fsp3) is 0.778. The Morgan fingerprint density at radius 1 is 1.42 bits per heavy atom. The van der Waals surface area contributed by atoms with E-state index < -0.39 is 0 Å². The summed E-state index contributed by atoms with van der Waals surface area (Å²) in [6, 6.07) is 0.417. The fourth-order valence-electron chi connectivity index (χ4n) is 4.04. The van der Waals surface area contributed by atoms with E-state index in [4.69, 9.17) is 9.73 Å². The van der Waals surface area contributed by atoms with Crippen molar-refractivity contribution in [3.8, 4) is 0 Å². The van der Waals surface area contributed by atoms with Crippen molar-refractivity contribution in [2.45, 2.75) is 66.2 Å². The third-order valence-electron chi connectivity index (χ3n) is 5.41. The highest BCUT2D eigenvalue weighted by Crippen LogP contribution is 2.51. The van der Waals surface area contributed by atoms with Crippen LogP contribution in [0, 0.1) is 25.2 Å². The Hall–Kier alpha value is -1.14. The number of nitrogens with zero attached hydrogens (tertiary/aromatic N) is 2. The first-order valence-electron chi connectivity index (χ1n) is 9.02. The number of guanidine groups is 1. The lowest BCUT2D eigenvalue weighted by atomic mass is 9.55. The number of hydrogen-bond acceptors (Lipinski definition) is 4. The number of nitrogens with one attached hydrogen (secondary N) is 2. The molecular weight excluding hydrogens is 320 g/mol. The van der Waals surface area contributed by atoms with Crippen LogP contribution in [0.1, 0.15) is 49.2 Å². The van der Waals surface area contributed by atoms with Gasteiger partial charge in [0.1, 0.15) is 5.01 Å². The number of ether oxygens (including phenoxy) is 1. The van der Waals surface area contributed by atoms with Crippen LogP contribution >= 0.6 is 11.3 Å². The number of hydrogen-bond donors (Lipinski definition) is 2. The average molecular weight is 351 g/mol. The Morgan fingerprint density at radius 3 is 2.88 bits per heavy atom. The smallest absolute Gasteiger partial charge is 0.191 e. The van der Waals surface area contributed by atoms with Crippen LogP contribution in [0.15, 0.2) is 4.99 Å². The van der Waals surface area contributed by atoms with Crippen LogP contribution in [0.3, 0.4) is 0 Å². The van der Waals surface area contributed by atoms with Crippen molar-refractivity contribution in [1.82, 2.24) is 15.6 Å². The van der Waals surface area contributed by atoms with Crippen molar-refractivity contribution in [2.24, 2.45) is 16.3 Å². The molecular formula is C18H30N4OS. The van der Waals surface area contributed by atoms with Crippen molar-refractivity contribution in [3.63, 3.8) is 0 Å². The standard InChI is InChI=1S/C18H30N4OS/c1-6-19-17(20-10-14-21-11(2)12(3)24-14)22-15-13-8-7-9-23-16(13)18(15,4)5/h13,15-16H,6-10H2,1-5H3,(H2,19,20,22). The fourth-order valence-corrected chi connectivity index (χ4v) is 4.89. The summed E-state index contributed by atoms with van der Waals surface area (Å²) in [6.07, 6.45) is 2.80. The van der Waals surface area contributed by atoms with Gasteiger partial charge in [0.05, 0.1) is 18.3 Å². The lowest BCUT2D eigenvalue weighted by Crippen LogP contribution is -2.71. The molecule has 3 unspecified atom stereocenters. The Morgan fingerprint density at radius 2 is 2.21 bits per heavy atom. The molecule has 1 aromatic heterocycles. The highest BCUT2D eigenvalue weighted by Gasteiger charge is 2.58. The van der Waals surface area contributed by atoms with Gasteiger partial charge in [-0.1, -0.05) is 13.8 Å². The number of rotatable bonds is 4. The first-order chi connectivity index (χ1) is 11.4. The molecule has 2 heterocycles. The summed E-state index contributed by atoms with van der Waals surface area (Å²) < 4.78 is 6.00. The van der Waals surface area contributed by atoms with Crippen LogP contribution in [0.5, 0.6) is 0 Å². The second kappa shape index (κ2) is 7.00. The molecule has 2 fully saturated rings. The van der Waals surface area contributed by atoms with Gasteiger partial charge >= 0.3 is 0 Å². The van der Waals surface area contributed by atoms with Gasteiger partial charge in [-0.05, 0) is 33.6 Å². The minimum absolute atomic E-state index is 0.148. The van der Waals surface area contributed by atoms with Gasteiger partial charge in [-0.3, -0.25) is 0 Å². The molecule has 0 radical (unpaired) electrons. The molecule has 2 aliphatic rings. The molecule has 1 aliphatic carbocycles. The van der Waals surface area contributed by atoms with Crippen LogP contribution in [0.4, 0.5) is 0 Å². The highest BCUT2D eigenvalue weighted by atomic mass is 32.1. The molecule has 0 aromatic carbocycles. The van der Waals surface area contributed by atoms with Gasteiger partial charge in [0.25, 0.3) is 0 Å². The van der Waals surface area contributed by atoms with E-state index >= 15 is 0 Å². The summed E-state index contributed by atoms with van der Waals surface area (Å²) in [5.41, 5.74) is 1.26. The Balaban J connectivity index is 1.68. The van der Waals surface area contributed by atoms with E-state index in [0.717, 1.165) is 29.8 Å². The van der Waals surface area contributed by atoms with Crippen LogP contribution < -0.4 is 10.6 Å². The summed E-state index contributed by atoms with van der Waals surface area (Å²) in [7, 11) is 0. The molecule has 1 aromatic rings. The first-order valence-corrected chi connectivity index (χ1v) is 9.84. The molecule has 2 N–H and O–H groups in total. The number of thiazole rings is 1. The quantitative estimate of drug-likeness (QED) is 0.647. The van der Waals surface area contributed by atoms with Crippen molar-refractivity contribution in [3.05, 3.63) is 15.6 Å². The summed E-state index contributed by atoms with van der Waals surface area (Å²) in [6.45, 7) is 13.3. The molecule has 24 heavy (non-hydrogen) atoms. The predicted octanol–water partition coefficient (Wildman–Crippen LogP) is 3.02. The van der Waals surface area contributed by atoms with E-state index in [2.05, 4.69) is 50.2 Å².